The standard InChI is InChI=1S/C16H18ClF3N4OS/c1-8(2)7-21-15(25)13-12(17)14-22-9(10-4-3-5-26-10)6-11(16(18,19)20)24(14)23-13/h3-5,8-9,11,22H,6-7H2,1-2H3,(H,21,25)/t9-,11+/m1/s1. The van der Waals surface area contributed by atoms with E-state index in [9.17, 15) is 18.0 Å². The van der Waals surface area contributed by atoms with E-state index in [4.69, 9.17) is 11.6 Å². The van der Waals surface area contributed by atoms with Crippen LogP contribution in [0.2, 0.25) is 5.02 Å². The molecule has 26 heavy (non-hydrogen) atoms. The average Bonchev–Trinajstić information content (AvgIpc) is 3.19. The quantitative estimate of drug-likeness (QED) is 0.777. The summed E-state index contributed by atoms with van der Waals surface area (Å²) in [6.07, 6.45) is -4.73. The second kappa shape index (κ2) is 7.11. The van der Waals surface area contributed by atoms with Crippen LogP contribution in [0.25, 0.3) is 0 Å². The molecule has 2 aromatic rings. The van der Waals surface area contributed by atoms with Crippen molar-refractivity contribution in [2.24, 2.45) is 5.92 Å². The van der Waals surface area contributed by atoms with Crippen LogP contribution in [0.5, 0.6) is 0 Å². The summed E-state index contributed by atoms with van der Waals surface area (Å²) in [5.41, 5.74) is -0.198. The summed E-state index contributed by atoms with van der Waals surface area (Å²) in [6.45, 7) is 4.20. The summed E-state index contributed by atoms with van der Waals surface area (Å²) >= 11 is 7.59. The Morgan fingerprint density at radius 3 is 2.85 bits per heavy atom. The topological polar surface area (TPSA) is 59.0 Å². The molecule has 142 valence electrons. The van der Waals surface area contributed by atoms with Gasteiger partial charge in [-0.15, -0.1) is 11.3 Å². The number of hydrogen-bond acceptors (Lipinski definition) is 4. The Morgan fingerprint density at radius 1 is 1.54 bits per heavy atom. The lowest BCUT2D eigenvalue weighted by Crippen LogP contribution is -2.35. The molecule has 1 aliphatic rings. The van der Waals surface area contributed by atoms with Crippen LogP contribution in [0.1, 0.15) is 47.7 Å². The van der Waals surface area contributed by atoms with E-state index in [0.717, 1.165) is 9.56 Å². The number of halogens is 4. The van der Waals surface area contributed by atoms with E-state index in [0.29, 0.717) is 6.54 Å². The number of hydrogen-bond donors (Lipinski definition) is 2. The van der Waals surface area contributed by atoms with Crippen LogP contribution < -0.4 is 10.6 Å². The van der Waals surface area contributed by atoms with Gasteiger partial charge in [0.2, 0.25) is 0 Å². The average molecular weight is 407 g/mol. The van der Waals surface area contributed by atoms with Crippen LogP contribution in [-0.4, -0.2) is 28.4 Å². The molecular weight excluding hydrogens is 389 g/mol. The molecule has 5 nitrogen and oxygen atoms in total. The maximum Gasteiger partial charge on any atom is 0.410 e. The highest BCUT2D eigenvalue weighted by Crippen LogP contribution is 2.46. The van der Waals surface area contributed by atoms with Crippen molar-refractivity contribution in [3.63, 3.8) is 0 Å². The minimum atomic E-state index is -4.51. The molecule has 2 N–H and O–H groups in total. The molecule has 0 aliphatic carbocycles. The Kier molecular flexibility index (Phi) is 5.21. The van der Waals surface area contributed by atoms with Crippen LogP contribution in [0.3, 0.4) is 0 Å². The Balaban J connectivity index is 1.97. The molecule has 10 heteroatoms. The molecule has 3 rings (SSSR count). The van der Waals surface area contributed by atoms with Gasteiger partial charge in [0, 0.05) is 17.8 Å². The minimum absolute atomic E-state index is 0.0216. The van der Waals surface area contributed by atoms with Gasteiger partial charge in [-0.1, -0.05) is 31.5 Å². The van der Waals surface area contributed by atoms with Crippen molar-refractivity contribution in [2.45, 2.75) is 38.5 Å². The highest BCUT2D eigenvalue weighted by Gasteiger charge is 2.48. The minimum Gasteiger partial charge on any atom is -0.361 e. The molecular formula is C16H18ClF3N4OS. The Labute approximate surface area is 157 Å². The van der Waals surface area contributed by atoms with E-state index in [1.165, 1.54) is 11.3 Å². The molecule has 0 spiro atoms. The Bertz CT molecular complexity index is 788. The molecule has 0 saturated heterocycles. The van der Waals surface area contributed by atoms with E-state index in [1.807, 2.05) is 13.8 Å². The predicted molar refractivity (Wildman–Crippen MR) is 94.8 cm³/mol. The van der Waals surface area contributed by atoms with Gasteiger partial charge in [-0.05, 0) is 17.4 Å². The van der Waals surface area contributed by atoms with Crippen LogP contribution in [0.15, 0.2) is 17.5 Å². The van der Waals surface area contributed by atoms with Gasteiger partial charge < -0.3 is 10.6 Å². The fourth-order valence-electron chi connectivity index (χ4n) is 2.79. The molecule has 0 saturated carbocycles. The van der Waals surface area contributed by atoms with E-state index in [1.54, 1.807) is 17.5 Å². The van der Waals surface area contributed by atoms with Gasteiger partial charge in [0.15, 0.2) is 11.7 Å². The number of fused-ring (bicyclic) bond motifs is 1. The number of amides is 1. The first-order valence-corrected chi connectivity index (χ1v) is 9.37. The lowest BCUT2D eigenvalue weighted by atomic mass is 10.0. The number of thiophene rings is 1. The molecule has 0 unspecified atom stereocenters. The van der Waals surface area contributed by atoms with Gasteiger partial charge >= 0.3 is 6.18 Å². The zero-order chi connectivity index (χ0) is 19.1. The number of aromatic nitrogens is 2. The maximum atomic E-state index is 13.6. The number of carbonyl (C=O) groups excluding carboxylic acids is 1. The number of nitrogens with one attached hydrogen (secondary N) is 2. The van der Waals surface area contributed by atoms with Crippen molar-refractivity contribution < 1.29 is 18.0 Å². The van der Waals surface area contributed by atoms with Crippen molar-refractivity contribution in [3.8, 4) is 0 Å². The van der Waals surface area contributed by atoms with Gasteiger partial charge in [0.05, 0.1) is 6.04 Å². The van der Waals surface area contributed by atoms with Gasteiger partial charge in [-0.2, -0.15) is 18.3 Å². The SMILES string of the molecule is CC(C)CNC(=O)c1nn2c(c1Cl)N[C@@H](c1cccs1)C[C@H]2C(F)(F)F. The molecule has 2 aromatic heterocycles. The maximum absolute atomic E-state index is 13.6. The molecule has 0 aromatic carbocycles. The first-order chi connectivity index (χ1) is 12.2. The zero-order valence-electron chi connectivity index (χ0n) is 14.1. The van der Waals surface area contributed by atoms with Crippen LogP contribution in [0, 0.1) is 5.92 Å². The van der Waals surface area contributed by atoms with Crippen LogP contribution in [-0.2, 0) is 0 Å². The van der Waals surface area contributed by atoms with Crippen molar-refractivity contribution in [3.05, 3.63) is 33.1 Å². The number of rotatable bonds is 4. The second-order valence-electron chi connectivity index (χ2n) is 6.57. The number of carbonyl (C=O) groups is 1. The summed E-state index contributed by atoms with van der Waals surface area (Å²) in [5, 5.41) is 11.2. The number of anilines is 1. The Hall–Kier alpha value is -1.74. The molecule has 3 heterocycles. The van der Waals surface area contributed by atoms with Crippen molar-refractivity contribution in [1.29, 1.82) is 0 Å². The Morgan fingerprint density at radius 2 is 2.27 bits per heavy atom. The molecule has 1 aliphatic heterocycles. The van der Waals surface area contributed by atoms with Crippen molar-refractivity contribution in [1.82, 2.24) is 15.1 Å². The fraction of sp³-hybridized carbons (Fsp3) is 0.500. The van der Waals surface area contributed by atoms with Gasteiger partial charge in [0.25, 0.3) is 5.91 Å². The van der Waals surface area contributed by atoms with E-state index >= 15 is 0 Å². The zero-order valence-corrected chi connectivity index (χ0v) is 15.7. The highest BCUT2D eigenvalue weighted by atomic mass is 35.5. The molecule has 0 bridgehead atoms. The molecule has 1 amide bonds. The van der Waals surface area contributed by atoms with E-state index in [2.05, 4.69) is 15.7 Å². The lowest BCUT2D eigenvalue weighted by Gasteiger charge is -2.32. The summed E-state index contributed by atoms with van der Waals surface area (Å²) in [6, 6.07) is 1.15. The third-order valence-corrected chi connectivity index (χ3v) is 5.41. The van der Waals surface area contributed by atoms with E-state index < -0.39 is 24.2 Å². The van der Waals surface area contributed by atoms with Gasteiger partial charge in [0.1, 0.15) is 10.8 Å². The number of nitrogens with zero attached hydrogens (tertiary/aromatic N) is 2. The van der Waals surface area contributed by atoms with Crippen molar-refractivity contribution in [2.75, 3.05) is 11.9 Å². The third-order valence-electron chi connectivity index (χ3n) is 4.07. The lowest BCUT2D eigenvalue weighted by molar-refractivity contribution is -0.173. The van der Waals surface area contributed by atoms with Crippen LogP contribution in [0.4, 0.5) is 19.0 Å². The predicted octanol–water partition coefficient (Wildman–Crippen LogP) is 4.64. The van der Waals surface area contributed by atoms with E-state index in [-0.39, 0.29) is 28.9 Å². The smallest absolute Gasteiger partial charge is 0.361 e. The summed E-state index contributed by atoms with van der Waals surface area (Å²) in [5.74, 6) is -0.367. The molecule has 0 fully saturated rings. The summed E-state index contributed by atoms with van der Waals surface area (Å²) < 4.78 is 41.6. The van der Waals surface area contributed by atoms with Gasteiger partial charge in [-0.25, -0.2) is 4.68 Å². The van der Waals surface area contributed by atoms with Crippen LogP contribution >= 0.6 is 22.9 Å². The monoisotopic (exact) mass is 406 g/mol. The second-order valence-corrected chi connectivity index (χ2v) is 7.92. The molecule has 2 atom stereocenters. The van der Waals surface area contributed by atoms with Crippen molar-refractivity contribution >= 4 is 34.7 Å². The largest absolute Gasteiger partial charge is 0.410 e. The highest BCUT2D eigenvalue weighted by molar-refractivity contribution is 7.10. The first kappa shape index (κ1) is 19.0. The number of alkyl halides is 3. The normalized spacial score (nSPS) is 20.0. The van der Waals surface area contributed by atoms with Gasteiger partial charge in [-0.3, -0.25) is 4.79 Å². The third kappa shape index (κ3) is 3.68. The fourth-order valence-corrected chi connectivity index (χ4v) is 3.85. The molecule has 0 radical (unpaired) electrons. The summed E-state index contributed by atoms with van der Waals surface area (Å²) in [7, 11) is 0. The summed E-state index contributed by atoms with van der Waals surface area (Å²) in [4.78, 5) is 13.0. The first-order valence-electron chi connectivity index (χ1n) is 8.11.